The molecule has 2 atom stereocenters. The van der Waals surface area contributed by atoms with Crippen molar-refractivity contribution in [3.05, 3.63) is 59.7 Å². The van der Waals surface area contributed by atoms with E-state index >= 15 is 0 Å². The van der Waals surface area contributed by atoms with E-state index in [1.165, 1.54) is 25.7 Å². The lowest BCUT2D eigenvalue weighted by Gasteiger charge is -2.44. The molecule has 1 saturated heterocycles. The fourth-order valence-corrected chi connectivity index (χ4v) is 4.93. The van der Waals surface area contributed by atoms with Gasteiger partial charge in [-0.05, 0) is 49.3 Å². The van der Waals surface area contributed by atoms with Crippen LogP contribution in [0.5, 0.6) is 5.75 Å². The maximum atomic E-state index is 13.4. The maximum absolute atomic E-state index is 13.4. The number of hydrogen-bond acceptors (Lipinski definition) is 3. The van der Waals surface area contributed by atoms with Gasteiger partial charge in [-0.3, -0.25) is 4.79 Å². The van der Waals surface area contributed by atoms with Gasteiger partial charge in [0.1, 0.15) is 5.75 Å². The van der Waals surface area contributed by atoms with Crippen LogP contribution in [-0.2, 0) is 6.54 Å². The zero-order valence-electron chi connectivity index (χ0n) is 18.1. The summed E-state index contributed by atoms with van der Waals surface area (Å²) in [6.07, 6.45) is 7.09. The van der Waals surface area contributed by atoms with Crippen molar-refractivity contribution >= 4 is 17.6 Å². The van der Waals surface area contributed by atoms with Crippen molar-refractivity contribution in [2.24, 2.45) is 5.92 Å². The monoisotopic (exact) mass is 421 g/mol. The Labute approximate surface area is 184 Å². The summed E-state index contributed by atoms with van der Waals surface area (Å²) in [5, 5.41) is 5.66. The molecule has 31 heavy (non-hydrogen) atoms. The lowest BCUT2D eigenvalue weighted by molar-refractivity contribution is 0.0388. The number of likely N-dealkylation sites (tertiary alicyclic amines) is 1. The number of fused-ring (bicyclic) bond motifs is 1. The van der Waals surface area contributed by atoms with Crippen molar-refractivity contribution in [3.8, 4) is 5.75 Å². The molecule has 2 N–H and O–H groups in total. The summed E-state index contributed by atoms with van der Waals surface area (Å²) >= 11 is 0. The maximum Gasteiger partial charge on any atom is 0.319 e. The van der Waals surface area contributed by atoms with Crippen molar-refractivity contribution in [2.75, 3.05) is 19.0 Å². The summed E-state index contributed by atoms with van der Waals surface area (Å²) in [5.41, 5.74) is 2.18. The molecular weight excluding hydrogens is 390 g/mol. The minimum atomic E-state index is -0.300. The number of ether oxygens (including phenoxy) is 1. The molecule has 6 heteroatoms. The molecule has 2 aromatic carbocycles. The molecule has 2 aromatic rings. The molecule has 1 heterocycles. The Balaban J connectivity index is 1.42. The summed E-state index contributed by atoms with van der Waals surface area (Å²) < 4.78 is 5.53. The van der Waals surface area contributed by atoms with E-state index in [-0.39, 0.29) is 11.9 Å². The van der Waals surface area contributed by atoms with Gasteiger partial charge in [0.15, 0.2) is 0 Å². The molecule has 1 aliphatic heterocycles. The number of urea groups is 1. The van der Waals surface area contributed by atoms with Crippen molar-refractivity contribution in [3.63, 3.8) is 0 Å². The predicted octanol–water partition coefficient (Wildman–Crippen LogP) is 4.81. The summed E-state index contributed by atoms with van der Waals surface area (Å²) in [7, 11) is 1.56. The summed E-state index contributed by atoms with van der Waals surface area (Å²) in [5.74, 6) is 1.16. The molecule has 1 aliphatic carbocycles. The van der Waals surface area contributed by atoms with Gasteiger partial charge in [-0.1, -0.05) is 43.2 Å². The third-order valence-corrected chi connectivity index (χ3v) is 6.49. The van der Waals surface area contributed by atoms with E-state index in [4.69, 9.17) is 4.74 Å². The smallest absolute Gasteiger partial charge is 0.319 e. The number of carbonyl (C=O) groups excluding carboxylic acids is 2. The van der Waals surface area contributed by atoms with Crippen molar-refractivity contribution in [1.29, 1.82) is 0 Å². The van der Waals surface area contributed by atoms with Crippen LogP contribution in [-0.4, -0.2) is 36.5 Å². The van der Waals surface area contributed by atoms with Crippen LogP contribution in [0.25, 0.3) is 0 Å². The third-order valence-electron chi connectivity index (χ3n) is 6.49. The van der Waals surface area contributed by atoms with E-state index in [9.17, 15) is 9.59 Å². The Morgan fingerprint density at radius 2 is 1.81 bits per heavy atom. The average molecular weight is 422 g/mol. The van der Waals surface area contributed by atoms with Crippen LogP contribution in [0.3, 0.4) is 0 Å². The number of nitrogens with zero attached hydrogens (tertiary/aromatic N) is 1. The van der Waals surface area contributed by atoms with Gasteiger partial charge in [-0.2, -0.15) is 0 Å². The van der Waals surface area contributed by atoms with Gasteiger partial charge in [-0.15, -0.1) is 0 Å². The van der Waals surface area contributed by atoms with Crippen LogP contribution in [0.15, 0.2) is 48.5 Å². The normalized spacial score (nSPS) is 20.5. The molecule has 4 rings (SSSR count). The molecule has 2 aliphatic rings. The minimum Gasteiger partial charge on any atom is -0.496 e. The Morgan fingerprint density at radius 3 is 2.61 bits per heavy atom. The van der Waals surface area contributed by atoms with Crippen LogP contribution < -0.4 is 15.4 Å². The number of benzene rings is 2. The summed E-state index contributed by atoms with van der Waals surface area (Å²) in [4.78, 5) is 27.7. The van der Waals surface area contributed by atoms with Gasteiger partial charge < -0.3 is 20.3 Å². The highest BCUT2D eigenvalue weighted by Gasteiger charge is 2.36. The molecule has 2 fully saturated rings. The zero-order chi connectivity index (χ0) is 21.6. The number of carbonyl (C=O) groups is 2. The Morgan fingerprint density at radius 1 is 1.03 bits per heavy atom. The van der Waals surface area contributed by atoms with Crippen LogP contribution in [0.2, 0.25) is 0 Å². The van der Waals surface area contributed by atoms with Crippen molar-refractivity contribution in [1.82, 2.24) is 10.2 Å². The predicted molar refractivity (Wildman–Crippen MR) is 121 cm³/mol. The van der Waals surface area contributed by atoms with Crippen LogP contribution in [0.4, 0.5) is 10.5 Å². The third kappa shape index (κ3) is 5.01. The second-order valence-corrected chi connectivity index (χ2v) is 8.46. The minimum absolute atomic E-state index is 0.0357. The fourth-order valence-electron chi connectivity index (χ4n) is 4.93. The van der Waals surface area contributed by atoms with Crippen molar-refractivity contribution < 1.29 is 14.3 Å². The Bertz CT molecular complexity index is 913. The second-order valence-electron chi connectivity index (χ2n) is 8.46. The van der Waals surface area contributed by atoms with E-state index in [0.717, 1.165) is 24.9 Å². The van der Waals surface area contributed by atoms with E-state index in [1.54, 1.807) is 25.3 Å². The standard InChI is InChI=1S/C25H31N3O3/c1-31-23-16-20(27-25(30)26-17-18-8-3-2-4-9-18)13-14-21(23)24(29)28-15-7-11-19-10-5-6-12-22(19)28/h2-4,8-9,13-14,16,19,22H,5-7,10-12,15,17H2,1H3,(H2,26,27,30)/t19-,22-/m1/s1. The van der Waals surface area contributed by atoms with E-state index < -0.39 is 0 Å². The highest BCUT2D eigenvalue weighted by molar-refractivity contribution is 5.98. The van der Waals surface area contributed by atoms with Gasteiger partial charge in [0.2, 0.25) is 0 Å². The van der Waals surface area contributed by atoms with Crippen LogP contribution >= 0.6 is 0 Å². The number of nitrogens with one attached hydrogen (secondary N) is 2. The highest BCUT2D eigenvalue weighted by Crippen LogP contribution is 2.37. The van der Waals surface area contributed by atoms with Crippen molar-refractivity contribution in [2.45, 2.75) is 51.1 Å². The first kappa shape index (κ1) is 21.2. The first-order valence-electron chi connectivity index (χ1n) is 11.2. The molecular formula is C25H31N3O3. The van der Waals surface area contributed by atoms with Gasteiger partial charge in [0.25, 0.3) is 5.91 Å². The van der Waals surface area contributed by atoms with Gasteiger partial charge >= 0.3 is 6.03 Å². The van der Waals surface area contributed by atoms with E-state index in [2.05, 4.69) is 15.5 Å². The first-order valence-corrected chi connectivity index (χ1v) is 11.2. The quantitative estimate of drug-likeness (QED) is 0.728. The Kier molecular flexibility index (Phi) is 6.75. The largest absolute Gasteiger partial charge is 0.496 e. The summed E-state index contributed by atoms with van der Waals surface area (Å²) in [6.45, 7) is 1.25. The van der Waals surface area contributed by atoms with Crippen LogP contribution in [0.1, 0.15) is 54.4 Å². The molecule has 0 bridgehead atoms. The first-order chi connectivity index (χ1) is 15.2. The molecule has 0 unspecified atom stereocenters. The topological polar surface area (TPSA) is 70.7 Å². The van der Waals surface area contributed by atoms with E-state index in [0.29, 0.717) is 35.5 Å². The summed E-state index contributed by atoms with van der Waals surface area (Å²) in [6, 6.07) is 15.0. The van der Waals surface area contributed by atoms with Gasteiger partial charge in [-0.25, -0.2) is 4.79 Å². The zero-order valence-corrected chi connectivity index (χ0v) is 18.1. The molecule has 0 spiro atoms. The highest BCUT2D eigenvalue weighted by atomic mass is 16.5. The number of anilines is 1. The molecule has 1 saturated carbocycles. The molecule has 0 radical (unpaired) electrons. The number of piperidine rings is 1. The fraction of sp³-hybridized carbons (Fsp3) is 0.440. The second kappa shape index (κ2) is 9.86. The lowest BCUT2D eigenvalue weighted by atomic mass is 9.78. The molecule has 3 amide bonds. The number of methoxy groups -OCH3 is 1. The molecule has 6 nitrogen and oxygen atoms in total. The average Bonchev–Trinajstić information content (AvgIpc) is 2.82. The molecule has 164 valence electrons. The van der Waals surface area contributed by atoms with Crippen LogP contribution in [0, 0.1) is 5.92 Å². The van der Waals surface area contributed by atoms with Gasteiger partial charge in [0.05, 0.1) is 12.7 Å². The number of amides is 3. The molecule has 0 aromatic heterocycles. The Hall–Kier alpha value is -3.02. The number of rotatable bonds is 5. The SMILES string of the molecule is COc1cc(NC(=O)NCc2ccccc2)ccc1C(=O)N1CCC[C@H]2CCCC[C@H]21. The lowest BCUT2D eigenvalue weighted by Crippen LogP contribution is -2.49. The van der Waals surface area contributed by atoms with E-state index in [1.807, 2.05) is 30.3 Å². The number of hydrogen-bond donors (Lipinski definition) is 2. The van der Waals surface area contributed by atoms with Gasteiger partial charge in [0, 0.05) is 30.9 Å².